The van der Waals surface area contributed by atoms with Gasteiger partial charge in [-0.15, -0.1) is 0 Å². The summed E-state index contributed by atoms with van der Waals surface area (Å²) in [5, 5.41) is 14.3. The summed E-state index contributed by atoms with van der Waals surface area (Å²) >= 11 is 0. The molecule has 1 unspecified atom stereocenters. The molecule has 0 spiro atoms. The molecule has 0 radical (unpaired) electrons. The van der Waals surface area contributed by atoms with Crippen LogP contribution in [0.5, 0.6) is 0 Å². The quantitative estimate of drug-likeness (QED) is 0.214. The van der Waals surface area contributed by atoms with Gasteiger partial charge in [0, 0.05) is 11.5 Å². The lowest BCUT2D eigenvalue weighted by atomic mass is 9.95. The van der Waals surface area contributed by atoms with Gasteiger partial charge in [-0.1, -0.05) is 96.1 Å². The molecule has 4 rings (SSSR count). The van der Waals surface area contributed by atoms with Crippen LogP contribution in [-0.2, 0) is 34.0 Å². The first kappa shape index (κ1) is 27.2. The summed E-state index contributed by atoms with van der Waals surface area (Å²) in [6.07, 6.45) is -2.85. The normalized spacial score (nSPS) is 21.6. The molecule has 1 heterocycles. The molecule has 1 saturated heterocycles. The molecule has 9 heteroatoms. The molecule has 0 aromatic heterocycles. The Balaban J connectivity index is 1.56. The maximum Gasteiger partial charge on any atom is 0.410 e. The Hall–Kier alpha value is -3.88. The average molecular weight is 517 g/mol. The number of nitrogens with zero attached hydrogens (tertiary/aromatic N) is 4. The second-order valence-corrected chi connectivity index (χ2v) is 9.23. The summed E-state index contributed by atoms with van der Waals surface area (Å²) in [4.78, 5) is 17.9. The minimum atomic E-state index is -1.33. The Morgan fingerprint density at radius 3 is 2.13 bits per heavy atom. The fourth-order valence-corrected chi connectivity index (χ4v) is 4.50. The number of azide groups is 1. The molecule has 1 aliphatic heterocycles. The van der Waals surface area contributed by atoms with E-state index in [0.717, 1.165) is 16.7 Å². The number of hydrogen-bond acceptors (Lipinski definition) is 6. The lowest BCUT2D eigenvalue weighted by Gasteiger charge is -2.43. The molecule has 0 saturated carbocycles. The molecule has 38 heavy (non-hydrogen) atoms. The molecule has 3 aromatic rings. The van der Waals surface area contributed by atoms with Gasteiger partial charge >= 0.3 is 6.09 Å². The summed E-state index contributed by atoms with van der Waals surface area (Å²) in [6.45, 7) is 2.54. The largest absolute Gasteiger partial charge is 0.445 e. The first-order valence-corrected chi connectivity index (χ1v) is 12.6. The van der Waals surface area contributed by atoms with E-state index in [-0.39, 0.29) is 19.6 Å². The Morgan fingerprint density at radius 2 is 1.55 bits per heavy atom. The summed E-state index contributed by atoms with van der Waals surface area (Å²) < 4.78 is 17.9. The average Bonchev–Trinajstić information content (AvgIpc) is 2.96. The van der Waals surface area contributed by atoms with Gasteiger partial charge in [0.15, 0.2) is 6.29 Å². The number of amides is 1. The van der Waals surface area contributed by atoms with E-state index in [1.54, 1.807) is 4.90 Å². The van der Waals surface area contributed by atoms with Gasteiger partial charge in [-0.3, -0.25) is 4.90 Å². The minimum Gasteiger partial charge on any atom is -0.445 e. The molecule has 9 nitrogen and oxygen atoms in total. The van der Waals surface area contributed by atoms with E-state index in [1.165, 1.54) is 0 Å². The van der Waals surface area contributed by atoms with Crippen LogP contribution in [0.2, 0.25) is 0 Å². The second-order valence-electron chi connectivity index (χ2n) is 9.23. The number of ether oxygens (including phenoxy) is 3. The molecule has 1 amide bonds. The predicted molar refractivity (Wildman–Crippen MR) is 142 cm³/mol. The van der Waals surface area contributed by atoms with Gasteiger partial charge in [-0.05, 0) is 35.6 Å². The van der Waals surface area contributed by atoms with Crippen LogP contribution >= 0.6 is 0 Å². The summed E-state index contributed by atoms with van der Waals surface area (Å²) in [6, 6.07) is 27.4. The number of aliphatic hydroxyl groups is 1. The highest BCUT2D eigenvalue weighted by molar-refractivity contribution is 5.68. The summed E-state index contributed by atoms with van der Waals surface area (Å²) in [5.74, 6) is 0. The number of carbonyl (C=O) groups excluding carboxylic acids is 1. The molecule has 0 bridgehead atoms. The van der Waals surface area contributed by atoms with E-state index in [1.807, 2.05) is 97.9 Å². The fourth-order valence-electron chi connectivity index (χ4n) is 4.50. The Morgan fingerprint density at radius 1 is 1.00 bits per heavy atom. The van der Waals surface area contributed by atoms with E-state index in [2.05, 4.69) is 10.0 Å². The topological polar surface area (TPSA) is 117 Å². The van der Waals surface area contributed by atoms with Crippen molar-refractivity contribution >= 4 is 6.09 Å². The smallest absolute Gasteiger partial charge is 0.410 e. The monoisotopic (exact) mass is 516 g/mol. The van der Waals surface area contributed by atoms with Crippen molar-refractivity contribution in [3.05, 3.63) is 118 Å². The number of hydrogen-bond donors (Lipinski definition) is 1. The minimum absolute atomic E-state index is 0.124. The van der Waals surface area contributed by atoms with Crippen molar-refractivity contribution in [1.82, 2.24) is 4.90 Å². The first-order chi connectivity index (χ1) is 18.5. The van der Waals surface area contributed by atoms with E-state index in [9.17, 15) is 9.90 Å². The molecular formula is C29H32N4O5. The van der Waals surface area contributed by atoms with E-state index < -0.39 is 36.7 Å². The molecule has 1 fully saturated rings. The zero-order valence-corrected chi connectivity index (χ0v) is 21.2. The van der Waals surface area contributed by atoms with Crippen LogP contribution in [0.4, 0.5) is 4.79 Å². The van der Waals surface area contributed by atoms with Crippen molar-refractivity contribution in [2.75, 3.05) is 0 Å². The zero-order valence-electron chi connectivity index (χ0n) is 21.2. The van der Waals surface area contributed by atoms with Crippen LogP contribution in [0.3, 0.4) is 0 Å². The van der Waals surface area contributed by atoms with Crippen LogP contribution < -0.4 is 0 Å². The van der Waals surface area contributed by atoms with Gasteiger partial charge in [-0.25, -0.2) is 4.79 Å². The molecule has 198 valence electrons. The number of rotatable bonds is 10. The van der Waals surface area contributed by atoms with E-state index in [0.29, 0.717) is 6.61 Å². The van der Waals surface area contributed by atoms with Gasteiger partial charge in [0.05, 0.1) is 24.8 Å². The first-order valence-electron chi connectivity index (χ1n) is 12.6. The Kier molecular flexibility index (Phi) is 9.72. The lowest BCUT2D eigenvalue weighted by Crippen LogP contribution is -2.57. The predicted octanol–water partition coefficient (Wildman–Crippen LogP) is 5.59. The zero-order chi connectivity index (χ0) is 26.7. The van der Waals surface area contributed by atoms with Crippen molar-refractivity contribution in [2.24, 2.45) is 5.11 Å². The van der Waals surface area contributed by atoms with Crippen LogP contribution in [0.1, 0.15) is 30.0 Å². The number of benzene rings is 3. The molecular weight excluding hydrogens is 484 g/mol. The van der Waals surface area contributed by atoms with Gasteiger partial charge in [0.1, 0.15) is 12.7 Å². The highest BCUT2D eigenvalue weighted by atomic mass is 16.6. The highest BCUT2D eigenvalue weighted by Gasteiger charge is 2.43. The SMILES string of the molecule is C[C@@H]([C@H]1OC(O)[C@H](N=[N+]=[N-])C[C@@H]1OCc1ccccc1)N(Cc1ccccc1)C(=O)OCc1ccccc1. The third-order valence-electron chi connectivity index (χ3n) is 6.58. The fraction of sp³-hybridized carbons (Fsp3) is 0.345. The lowest BCUT2D eigenvalue weighted by molar-refractivity contribution is -0.232. The standard InChI is InChI=1S/C29H32N4O5/c1-21(27-26(17-25(31-32-30)28(34)38-27)36-19-23-13-7-3-8-14-23)33(18-22-11-5-2-6-12-22)29(35)37-20-24-15-9-4-10-16-24/h2-16,21,25-28,34H,17-20H2,1H3/t21-,25+,26-,27+,28?/m0/s1. The maximum absolute atomic E-state index is 13.4. The van der Waals surface area contributed by atoms with Crippen molar-refractivity contribution < 1.29 is 24.1 Å². The molecule has 3 aromatic carbocycles. The van der Waals surface area contributed by atoms with Gasteiger partial charge < -0.3 is 19.3 Å². The molecule has 1 aliphatic rings. The highest BCUT2D eigenvalue weighted by Crippen LogP contribution is 2.30. The number of aliphatic hydroxyl groups excluding tert-OH is 1. The Labute approximate surface area is 222 Å². The van der Waals surface area contributed by atoms with Crippen molar-refractivity contribution in [1.29, 1.82) is 0 Å². The van der Waals surface area contributed by atoms with Crippen molar-refractivity contribution in [3.8, 4) is 0 Å². The van der Waals surface area contributed by atoms with Crippen molar-refractivity contribution in [2.45, 2.75) is 63.7 Å². The summed E-state index contributed by atoms with van der Waals surface area (Å²) in [7, 11) is 0. The van der Waals surface area contributed by atoms with Crippen LogP contribution in [-0.4, -0.2) is 46.7 Å². The van der Waals surface area contributed by atoms with Crippen LogP contribution in [0.15, 0.2) is 96.1 Å². The van der Waals surface area contributed by atoms with Gasteiger partial charge in [-0.2, -0.15) is 0 Å². The Bertz CT molecular complexity index is 1190. The molecule has 0 aliphatic carbocycles. The van der Waals surface area contributed by atoms with E-state index in [4.69, 9.17) is 19.7 Å². The maximum atomic E-state index is 13.4. The summed E-state index contributed by atoms with van der Waals surface area (Å²) in [5.41, 5.74) is 11.7. The van der Waals surface area contributed by atoms with Gasteiger partial charge in [0.2, 0.25) is 0 Å². The van der Waals surface area contributed by atoms with Crippen LogP contribution in [0, 0.1) is 0 Å². The third kappa shape index (κ3) is 7.34. The van der Waals surface area contributed by atoms with Gasteiger partial charge in [0.25, 0.3) is 0 Å². The number of carbonyl (C=O) groups is 1. The third-order valence-corrected chi connectivity index (χ3v) is 6.58. The molecule has 5 atom stereocenters. The van der Waals surface area contributed by atoms with E-state index >= 15 is 0 Å². The van der Waals surface area contributed by atoms with Crippen molar-refractivity contribution in [3.63, 3.8) is 0 Å². The second kappa shape index (κ2) is 13.6. The van der Waals surface area contributed by atoms with Crippen LogP contribution in [0.25, 0.3) is 10.4 Å². The molecule has 1 N–H and O–H groups in total.